The summed E-state index contributed by atoms with van der Waals surface area (Å²) in [6.45, 7) is 3.60. The number of benzene rings is 5. The molecule has 4 nitrogen and oxygen atoms in total. The summed E-state index contributed by atoms with van der Waals surface area (Å²) in [6.07, 6.45) is 2.60. The lowest BCUT2D eigenvalue weighted by molar-refractivity contribution is 0.0935. The van der Waals surface area contributed by atoms with Crippen molar-refractivity contribution in [3.05, 3.63) is 143 Å². The van der Waals surface area contributed by atoms with Gasteiger partial charge in [-0.15, -0.1) is 0 Å². The number of likely N-dealkylation sites (N-methyl/N-ethyl adjacent to an activating group) is 1. The Morgan fingerprint density at radius 3 is 1.95 bits per heavy atom. The summed E-state index contributed by atoms with van der Waals surface area (Å²) in [7, 11) is 1.96. The number of carbonyl (C=O) groups is 1. The maximum Gasteiger partial charge on any atom is 0.251 e. The predicted molar refractivity (Wildman–Crippen MR) is 181 cm³/mol. The zero-order chi connectivity index (χ0) is 30.0. The van der Waals surface area contributed by atoms with E-state index in [1.54, 1.807) is 0 Å². The molecule has 0 spiro atoms. The molecule has 0 bridgehead atoms. The molecule has 3 N–H and O–H groups in total. The third-order valence-corrected chi connectivity index (χ3v) is 8.22. The van der Waals surface area contributed by atoms with E-state index in [9.17, 15) is 4.79 Å². The lowest BCUT2D eigenvalue weighted by Gasteiger charge is -2.25. The van der Waals surface area contributed by atoms with Gasteiger partial charge < -0.3 is 16.0 Å². The summed E-state index contributed by atoms with van der Waals surface area (Å²) >= 11 is 6.11. The summed E-state index contributed by atoms with van der Waals surface area (Å²) in [5, 5.41) is 13.5. The van der Waals surface area contributed by atoms with Crippen molar-refractivity contribution in [3.8, 4) is 11.1 Å². The van der Waals surface area contributed by atoms with Gasteiger partial charge in [0.05, 0.1) is 0 Å². The molecule has 1 amide bonds. The van der Waals surface area contributed by atoms with Crippen molar-refractivity contribution < 1.29 is 4.79 Å². The van der Waals surface area contributed by atoms with Crippen LogP contribution in [0.1, 0.15) is 34.0 Å². The molecule has 5 heteroatoms. The van der Waals surface area contributed by atoms with Gasteiger partial charge in [0, 0.05) is 35.8 Å². The number of nitrogens with one attached hydrogen (secondary N) is 3. The highest BCUT2D eigenvalue weighted by molar-refractivity contribution is 6.30. The minimum atomic E-state index is -0.0977. The highest BCUT2D eigenvalue weighted by atomic mass is 35.5. The number of fused-ring (bicyclic) bond motifs is 1. The molecule has 43 heavy (non-hydrogen) atoms. The fraction of sp³-hybridized carbons (Fsp3) is 0.237. The molecule has 0 radical (unpaired) electrons. The van der Waals surface area contributed by atoms with Crippen LogP contribution in [0.5, 0.6) is 0 Å². The molecule has 220 valence electrons. The van der Waals surface area contributed by atoms with Gasteiger partial charge >= 0.3 is 0 Å². The Morgan fingerprint density at radius 2 is 1.28 bits per heavy atom. The fourth-order valence-electron chi connectivity index (χ4n) is 5.52. The molecule has 0 aliphatic heterocycles. The number of halogens is 1. The Morgan fingerprint density at radius 1 is 0.674 bits per heavy atom. The Bertz CT molecular complexity index is 1610. The van der Waals surface area contributed by atoms with Crippen LogP contribution in [0.25, 0.3) is 21.9 Å². The Balaban J connectivity index is 1.31. The Labute approximate surface area is 260 Å². The van der Waals surface area contributed by atoms with Crippen LogP contribution in [0.15, 0.2) is 115 Å². The average Bonchev–Trinajstić information content (AvgIpc) is 3.04. The lowest BCUT2D eigenvalue weighted by Crippen LogP contribution is -2.48. The molecule has 0 fully saturated rings. The zero-order valence-corrected chi connectivity index (χ0v) is 25.7. The van der Waals surface area contributed by atoms with Crippen molar-refractivity contribution in [1.29, 1.82) is 0 Å². The van der Waals surface area contributed by atoms with Gasteiger partial charge in [-0.3, -0.25) is 4.79 Å². The van der Waals surface area contributed by atoms with Gasteiger partial charge in [-0.25, -0.2) is 0 Å². The van der Waals surface area contributed by atoms with Gasteiger partial charge in [0.25, 0.3) is 5.91 Å². The standard InChI is InChI=1S/C38H40ClN3O/c1-3-27-8-13-31(14-9-27)32-16-18-33(19-17-32)38(43)42-37(24-29-10-15-30-6-4-5-7-34(30)22-29)26-41-36(25-40-2)23-28-11-20-35(39)21-12-28/h4-22,36-37,40-41H,3,23-26H2,1-2H3,(H,42,43)/t36-,37-/m1/s1. The largest absolute Gasteiger partial charge is 0.348 e. The van der Waals surface area contributed by atoms with Crippen LogP contribution in [-0.2, 0) is 19.3 Å². The van der Waals surface area contributed by atoms with Crippen molar-refractivity contribution in [1.82, 2.24) is 16.0 Å². The summed E-state index contributed by atoms with van der Waals surface area (Å²) in [4.78, 5) is 13.5. The molecule has 0 saturated heterocycles. The van der Waals surface area contributed by atoms with Crippen molar-refractivity contribution in [3.63, 3.8) is 0 Å². The summed E-state index contributed by atoms with van der Waals surface area (Å²) < 4.78 is 0. The number of hydrogen-bond donors (Lipinski definition) is 3. The quantitative estimate of drug-likeness (QED) is 0.133. The van der Waals surface area contributed by atoms with E-state index < -0.39 is 0 Å². The molecule has 5 rings (SSSR count). The van der Waals surface area contributed by atoms with Crippen molar-refractivity contribution in [2.45, 2.75) is 38.3 Å². The number of rotatable bonds is 13. The normalized spacial score (nSPS) is 12.6. The second-order valence-electron chi connectivity index (χ2n) is 11.2. The van der Waals surface area contributed by atoms with Crippen LogP contribution < -0.4 is 16.0 Å². The minimum Gasteiger partial charge on any atom is -0.348 e. The van der Waals surface area contributed by atoms with Gasteiger partial charge in [-0.1, -0.05) is 110 Å². The molecule has 5 aromatic rings. The minimum absolute atomic E-state index is 0.0664. The van der Waals surface area contributed by atoms with E-state index in [0.717, 1.165) is 42.0 Å². The smallest absolute Gasteiger partial charge is 0.251 e. The molecule has 0 unspecified atom stereocenters. The Hall–Kier alpha value is -3.96. The van der Waals surface area contributed by atoms with E-state index >= 15 is 0 Å². The van der Waals surface area contributed by atoms with Crippen LogP contribution in [0, 0.1) is 0 Å². The SMILES string of the molecule is CCc1ccc(-c2ccc(C(=O)N[C@@H](CN[C@@H](CNC)Cc3ccc(Cl)cc3)Cc3ccc4ccccc4c3)cc2)cc1. The van der Waals surface area contributed by atoms with Crippen LogP contribution in [0.4, 0.5) is 0 Å². The maximum atomic E-state index is 13.5. The van der Waals surface area contributed by atoms with Gasteiger partial charge in [-0.2, -0.15) is 0 Å². The third-order valence-electron chi connectivity index (χ3n) is 7.97. The molecule has 0 heterocycles. The molecule has 0 saturated carbocycles. The topological polar surface area (TPSA) is 53.2 Å². The second kappa shape index (κ2) is 15.0. The van der Waals surface area contributed by atoms with Gasteiger partial charge in [0.2, 0.25) is 0 Å². The number of aryl methyl sites for hydroxylation is 1. The zero-order valence-electron chi connectivity index (χ0n) is 24.9. The van der Waals surface area contributed by atoms with Crippen LogP contribution in [0.2, 0.25) is 5.02 Å². The van der Waals surface area contributed by atoms with Crippen LogP contribution >= 0.6 is 11.6 Å². The second-order valence-corrected chi connectivity index (χ2v) is 11.6. The predicted octanol–water partition coefficient (Wildman–Crippen LogP) is 7.48. The van der Waals surface area contributed by atoms with Crippen LogP contribution in [0.3, 0.4) is 0 Å². The summed E-state index contributed by atoms with van der Waals surface area (Å²) in [5.74, 6) is -0.0664. The van der Waals surface area contributed by atoms with Crippen LogP contribution in [-0.4, -0.2) is 38.1 Å². The van der Waals surface area contributed by atoms with E-state index in [0.29, 0.717) is 12.1 Å². The molecule has 0 aliphatic carbocycles. The first kappa shape index (κ1) is 30.5. The summed E-state index contributed by atoms with van der Waals surface area (Å²) in [5.41, 5.74) is 6.64. The van der Waals surface area contributed by atoms with E-state index in [1.807, 2.05) is 43.4 Å². The van der Waals surface area contributed by atoms with Gasteiger partial charge in [-0.05, 0) is 89.2 Å². The first-order valence-electron chi connectivity index (χ1n) is 15.1. The highest BCUT2D eigenvalue weighted by Crippen LogP contribution is 2.21. The molecule has 0 aromatic heterocycles. The molecular weight excluding hydrogens is 550 g/mol. The highest BCUT2D eigenvalue weighted by Gasteiger charge is 2.18. The molecular formula is C38H40ClN3O. The Kier molecular flexibility index (Phi) is 10.6. The number of carbonyl (C=O) groups excluding carboxylic acids is 1. The first-order valence-corrected chi connectivity index (χ1v) is 15.5. The van der Waals surface area contributed by atoms with Gasteiger partial charge in [0.1, 0.15) is 0 Å². The third kappa shape index (κ3) is 8.55. The van der Waals surface area contributed by atoms with E-state index in [4.69, 9.17) is 11.6 Å². The van der Waals surface area contributed by atoms with E-state index in [1.165, 1.54) is 27.5 Å². The first-order chi connectivity index (χ1) is 21.0. The summed E-state index contributed by atoms with van der Waals surface area (Å²) in [6, 6.07) is 39.6. The van der Waals surface area contributed by atoms with E-state index in [-0.39, 0.29) is 18.0 Å². The van der Waals surface area contributed by atoms with Crippen molar-refractivity contribution in [2.75, 3.05) is 20.1 Å². The molecule has 5 aromatic carbocycles. The van der Waals surface area contributed by atoms with Crippen molar-refractivity contribution in [2.24, 2.45) is 0 Å². The van der Waals surface area contributed by atoms with Crippen molar-refractivity contribution >= 4 is 28.3 Å². The maximum absolute atomic E-state index is 13.5. The average molecular weight is 590 g/mol. The number of amides is 1. The monoisotopic (exact) mass is 589 g/mol. The fourth-order valence-corrected chi connectivity index (χ4v) is 5.64. The van der Waals surface area contributed by atoms with Gasteiger partial charge in [0.15, 0.2) is 0 Å². The number of hydrogen-bond acceptors (Lipinski definition) is 3. The molecule has 2 atom stereocenters. The van der Waals surface area contributed by atoms with E-state index in [2.05, 4.69) is 102 Å². The molecule has 0 aliphatic rings. The lowest BCUT2D eigenvalue weighted by atomic mass is 9.99.